The monoisotopic (exact) mass is 230 g/mol. The molecule has 0 saturated carbocycles. The first-order chi connectivity index (χ1) is 7.56. The number of carbonyl (C=O) groups excluding carboxylic acids is 2. The fourth-order valence-electron chi connectivity index (χ4n) is 0.977. The summed E-state index contributed by atoms with van der Waals surface area (Å²) in [4.78, 5) is 32.3. The number of rotatable bonds is 8. The lowest BCUT2D eigenvalue weighted by atomic mass is 10.3. The molecule has 0 aliphatic heterocycles. The van der Waals surface area contributed by atoms with Crippen LogP contribution in [-0.4, -0.2) is 36.0 Å². The standard InChI is InChI=1S/C10H18N2O4/c1-2-6-11-9(14)5-7-12-8(13)3-4-10(15)16/h2-7H2,1H3,(H,11,14)(H,12,13)(H,15,16). The molecule has 0 bridgehead atoms. The molecule has 2 amide bonds. The van der Waals surface area contributed by atoms with Gasteiger partial charge in [0.15, 0.2) is 0 Å². The Kier molecular flexibility index (Phi) is 7.83. The summed E-state index contributed by atoms with van der Waals surface area (Å²) >= 11 is 0. The molecule has 0 spiro atoms. The zero-order valence-electron chi connectivity index (χ0n) is 9.41. The van der Waals surface area contributed by atoms with E-state index in [1.807, 2.05) is 6.92 Å². The highest BCUT2D eigenvalue weighted by molar-refractivity contribution is 5.81. The van der Waals surface area contributed by atoms with Gasteiger partial charge in [-0.05, 0) is 6.42 Å². The number of nitrogens with one attached hydrogen (secondary N) is 2. The molecule has 0 radical (unpaired) electrons. The molecule has 92 valence electrons. The van der Waals surface area contributed by atoms with Crippen LogP contribution in [0.15, 0.2) is 0 Å². The first-order valence-corrected chi connectivity index (χ1v) is 5.31. The molecule has 0 saturated heterocycles. The minimum Gasteiger partial charge on any atom is -0.481 e. The third kappa shape index (κ3) is 8.98. The lowest BCUT2D eigenvalue weighted by molar-refractivity contribution is -0.138. The van der Waals surface area contributed by atoms with Crippen LogP contribution in [0.1, 0.15) is 32.6 Å². The lowest BCUT2D eigenvalue weighted by Crippen LogP contribution is -2.31. The van der Waals surface area contributed by atoms with E-state index in [9.17, 15) is 14.4 Å². The van der Waals surface area contributed by atoms with Crippen molar-refractivity contribution < 1.29 is 19.5 Å². The summed E-state index contributed by atoms with van der Waals surface area (Å²) in [6.45, 7) is 2.83. The van der Waals surface area contributed by atoms with Gasteiger partial charge in [-0.1, -0.05) is 6.92 Å². The SMILES string of the molecule is CCCNC(=O)CCNC(=O)CCC(=O)O. The third-order valence-corrected chi connectivity index (χ3v) is 1.81. The summed E-state index contributed by atoms with van der Waals surface area (Å²) in [5.74, 6) is -1.46. The molecule has 0 aromatic rings. The molecule has 6 nitrogen and oxygen atoms in total. The first-order valence-electron chi connectivity index (χ1n) is 5.31. The van der Waals surface area contributed by atoms with Gasteiger partial charge in [-0.3, -0.25) is 14.4 Å². The number of carbonyl (C=O) groups is 3. The van der Waals surface area contributed by atoms with E-state index in [1.54, 1.807) is 0 Å². The number of carboxylic acids is 1. The zero-order valence-corrected chi connectivity index (χ0v) is 9.41. The molecule has 0 atom stereocenters. The van der Waals surface area contributed by atoms with Gasteiger partial charge in [0, 0.05) is 25.9 Å². The minimum atomic E-state index is -1.00. The highest BCUT2D eigenvalue weighted by Crippen LogP contribution is 1.88. The fourth-order valence-corrected chi connectivity index (χ4v) is 0.977. The summed E-state index contributed by atoms with van der Waals surface area (Å²) in [5, 5.41) is 13.5. The van der Waals surface area contributed by atoms with Gasteiger partial charge in [0.1, 0.15) is 0 Å². The fraction of sp³-hybridized carbons (Fsp3) is 0.700. The van der Waals surface area contributed by atoms with E-state index in [0.717, 1.165) is 6.42 Å². The number of hydrogen-bond donors (Lipinski definition) is 3. The van der Waals surface area contributed by atoms with Gasteiger partial charge >= 0.3 is 5.97 Å². The van der Waals surface area contributed by atoms with Gasteiger partial charge in [0.2, 0.25) is 11.8 Å². The van der Waals surface area contributed by atoms with Gasteiger partial charge in [-0.15, -0.1) is 0 Å². The highest BCUT2D eigenvalue weighted by Gasteiger charge is 2.05. The third-order valence-electron chi connectivity index (χ3n) is 1.81. The Bertz CT molecular complexity index is 253. The molecule has 0 fully saturated rings. The van der Waals surface area contributed by atoms with Crippen LogP contribution in [0.25, 0.3) is 0 Å². The lowest BCUT2D eigenvalue weighted by Gasteiger charge is -2.05. The number of amides is 2. The van der Waals surface area contributed by atoms with Crippen molar-refractivity contribution >= 4 is 17.8 Å². The average Bonchev–Trinajstić information content (AvgIpc) is 2.23. The molecule has 0 rings (SSSR count). The van der Waals surface area contributed by atoms with Crippen LogP contribution < -0.4 is 10.6 Å². The second-order valence-corrected chi connectivity index (χ2v) is 3.34. The van der Waals surface area contributed by atoms with Crippen molar-refractivity contribution in [3.05, 3.63) is 0 Å². The van der Waals surface area contributed by atoms with E-state index in [0.29, 0.717) is 6.54 Å². The average molecular weight is 230 g/mol. The second-order valence-electron chi connectivity index (χ2n) is 3.34. The van der Waals surface area contributed by atoms with Crippen molar-refractivity contribution in [3.8, 4) is 0 Å². The summed E-state index contributed by atoms with van der Waals surface area (Å²) < 4.78 is 0. The van der Waals surface area contributed by atoms with Crippen molar-refractivity contribution in [1.82, 2.24) is 10.6 Å². The molecule has 6 heteroatoms. The van der Waals surface area contributed by atoms with E-state index in [4.69, 9.17) is 5.11 Å². The highest BCUT2D eigenvalue weighted by atomic mass is 16.4. The van der Waals surface area contributed by atoms with E-state index < -0.39 is 5.97 Å². The quantitative estimate of drug-likeness (QED) is 0.542. The van der Waals surface area contributed by atoms with Crippen molar-refractivity contribution in [2.75, 3.05) is 13.1 Å². The smallest absolute Gasteiger partial charge is 0.303 e. The van der Waals surface area contributed by atoms with Crippen molar-refractivity contribution in [2.45, 2.75) is 32.6 Å². The molecule has 0 aromatic heterocycles. The van der Waals surface area contributed by atoms with Crippen LogP contribution in [0.5, 0.6) is 0 Å². The largest absolute Gasteiger partial charge is 0.481 e. The maximum absolute atomic E-state index is 11.1. The predicted molar refractivity (Wildman–Crippen MR) is 57.8 cm³/mol. The van der Waals surface area contributed by atoms with E-state index in [1.165, 1.54) is 0 Å². The summed E-state index contributed by atoms with van der Waals surface area (Å²) in [6, 6.07) is 0. The molecule has 0 heterocycles. The van der Waals surface area contributed by atoms with Crippen LogP contribution in [-0.2, 0) is 14.4 Å². The Morgan fingerprint density at radius 2 is 1.50 bits per heavy atom. The summed E-state index contributed by atoms with van der Waals surface area (Å²) in [6.07, 6.45) is 0.856. The number of carboxylic acid groups (broad SMARTS) is 1. The Labute approximate surface area is 94.4 Å². The predicted octanol–water partition coefficient (Wildman–Crippen LogP) is -0.116. The van der Waals surface area contributed by atoms with E-state index >= 15 is 0 Å². The molecule has 0 aliphatic carbocycles. The minimum absolute atomic E-state index is 0.0497. The first kappa shape index (κ1) is 14.4. The molecular weight excluding hydrogens is 212 g/mol. The van der Waals surface area contributed by atoms with Crippen molar-refractivity contribution in [1.29, 1.82) is 0 Å². The maximum atomic E-state index is 11.1. The Hall–Kier alpha value is -1.59. The van der Waals surface area contributed by atoms with Crippen LogP contribution >= 0.6 is 0 Å². The normalized spacial score (nSPS) is 9.56. The zero-order chi connectivity index (χ0) is 12.4. The van der Waals surface area contributed by atoms with E-state index in [-0.39, 0.29) is 37.6 Å². The van der Waals surface area contributed by atoms with Crippen molar-refractivity contribution in [2.24, 2.45) is 0 Å². The topological polar surface area (TPSA) is 95.5 Å². The van der Waals surface area contributed by atoms with E-state index in [2.05, 4.69) is 10.6 Å². The van der Waals surface area contributed by atoms with Crippen molar-refractivity contribution in [3.63, 3.8) is 0 Å². The molecule has 3 N–H and O–H groups in total. The molecule has 0 aliphatic rings. The van der Waals surface area contributed by atoms with Gasteiger partial charge in [-0.25, -0.2) is 0 Å². The second kappa shape index (κ2) is 8.70. The number of aliphatic carboxylic acids is 1. The summed E-state index contributed by atoms with van der Waals surface area (Å²) in [5.41, 5.74) is 0. The maximum Gasteiger partial charge on any atom is 0.303 e. The van der Waals surface area contributed by atoms with Crippen LogP contribution in [0, 0.1) is 0 Å². The van der Waals surface area contributed by atoms with Crippen LogP contribution in [0.2, 0.25) is 0 Å². The molecular formula is C10H18N2O4. The molecule has 16 heavy (non-hydrogen) atoms. The van der Waals surface area contributed by atoms with Crippen LogP contribution in [0.4, 0.5) is 0 Å². The van der Waals surface area contributed by atoms with Crippen LogP contribution in [0.3, 0.4) is 0 Å². The van der Waals surface area contributed by atoms with Gasteiger partial charge in [0.25, 0.3) is 0 Å². The summed E-state index contributed by atoms with van der Waals surface area (Å²) in [7, 11) is 0. The van der Waals surface area contributed by atoms with Gasteiger partial charge in [0.05, 0.1) is 6.42 Å². The Morgan fingerprint density at radius 1 is 0.938 bits per heavy atom. The van der Waals surface area contributed by atoms with Gasteiger partial charge < -0.3 is 15.7 Å². The molecule has 0 aromatic carbocycles. The number of hydrogen-bond acceptors (Lipinski definition) is 3. The molecule has 0 unspecified atom stereocenters. The van der Waals surface area contributed by atoms with Gasteiger partial charge in [-0.2, -0.15) is 0 Å². The Morgan fingerprint density at radius 3 is 2.06 bits per heavy atom. The Balaban J connectivity index is 3.46.